The molecule has 46 heavy (non-hydrogen) atoms. The molecule has 0 radical (unpaired) electrons. The molecule has 0 saturated carbocycles. The molecule has 0 bridgehead atoms. The summed E-state index contributed by atoms with van der Waals surface area (Å²) >= 11 is 0. The second-order valence-corrected chi connectivity index (χ2v) is 12.3. The molecular weight excluding hydrogens is 572 g/mol. The number of fused-ring (bicyclic) bond motifs is 6. The minimum atomic E-state index is -0.668. The molecular formula is C41H29F2N3. The molecule has 8 rings (SSSR count). The number of aryl methyl sites for hydroxylation is 4. The SMILES string of the molecule is Cc1ccc2c3ccc(C)cc3n(-c3cc(-c4c(F)cccc4F)c(-n4c5cc(C)ccc5c5ccc(C)cc54)cc3C#N)c2c1. The lowest BCUT2D eigenvalue weighted by Gasteiger charge is -2.19. The number of hydrogen-bond acceptors (Lipinski definition) is 1. The van der Waals surface area contributed by atoms with Crippen LogP contribution < -0.4 is 0 Å². The highest BCUT2D eigenvalue weighted by molar-refractivity contribution is 6.11. The number of nitrogens with zero attached hydrogens (tertiary/aromatic N) is 3. The molecule has 5 heteroatoms. The molecule has 0 aliphatic rings. The molecule has 0 amide bonds. The summed E-state index contributed by atoms with van der Waals surface area (Å²) < 4.78 is 35.8. The zero-order valence-corrected chi connectivity index (χ0v) is 25.9. The van der Waals surface area contributed by atoms with Gasteiger partial charge in [0, 0.05) is 27.1 Å². The summed E-state index contributed by atoms with van der Waals surface area (Å²) in [4.78, 5) is 0. The Morgan fingerprint density at radius 3 is 1.28 bits per heavy atom. The second-order valence-electron chi connectivity index (χ2n) is 12.3. The smallest absolute Gasteiger partial charge is 0.134 e. The van der Waals surface area contributed by atoms with E-state index in [0.717, 1.165) is 65.9 Å². The zero-order chi connectivity index (χ0) is 31.9. The summed E-state index contributed by atoms with van der Waals surface area (Å²) in [5.74, 6) is -1.34. The standard InChI is InChI=1S/C41H29F2N3/c1-23-8-12-28-29-13-9-24(2)17-37(29)45(36(28)16-23)35-21-32(41-33(42)6-5-7-34(41)43)40(20-27(35)22-44)46-38-18-25(3)10-14-30(38)31-15-11-26(4)19-39(31)46/h5-21H,1-4H3. The highest BCUT2D eigenvalue weighted by atomic mass is 19.1. The lowest BCUT2D eigenvalue weighted by atomic mass is 9.98. The van der Waals surface area contributed by atoms with Gasteiger partial charge in [-0.25, -0.2) is 8.78 Å². The van der Waals surface area contributed by atoms with Crippen LogP contribution in [-0.4, -0.2) is 9.13 Å². The van der Waals surface area contributed by atoms with Gasteiger partial charge in [-0.15, -0.1) is 0 Å². The molecule has 0 unspecified atom stereocenters. The van der Waals surface area contributed by atoms with Crippen LogP contribution in [0, 0.1) is 50.7 Å². The van der Waals surface area contributed by atoms with Crippen LogP contribution in [-0.2, 0) is 0 Å². The van der Waals surface area contributed by atoms with Gasteiger partial charge in [0.15, 0.2) is 0 Å². The Hall–Kier alpha value is -5.73. The third kappa shape index (κ3) is 4.07. The van der Waals surface area contributed by atoms with Crippen molar-refractivity contribution in [3.63, 3.8) is 0 Å². The highest BCUT2D eigenvalue weighted by Crippen LogP contribution is 2.42. The molecule has 222 valence electrons. The molecule has 2 heterocycles. The average molecular weight is 602 g/mol. The molecule has 0 spiro atoms. The molecule has 8 aromatic rings. The Labute approximate surface area is 265 Å². The van der Waals surface area contributed by atoms with Gasteiger partial charge in [-0.1, -0.05) is 54.6 Å². The first-order valence-corrected chi connectivity index (χ1v) is 15.3. The van der Waals surface area contributed by atoms with Crippen molar-refractivity contribution in [2.75, 3.05) is 0 Å². The average Bonchev–Trinajstić information content (AvgIpc) is 3.51. The van der Waals surface area contributed by atoms with Gasteiger partial charge < -0.3 is 9.13 Å². The Morgan fingerprint density at radius 1 is 0.500 bits per heavy atom. The van der Waals surface area contributed by atoms with Crippen LogP contribution in [0.25, 0.3) is 66.1 Å². The molecule has 0 atom stereocenters. The highest BCUT2D eigenvalue weighted by Gasteiger charge is 2.24. The van der Waals surface area contributed by atoms with E-state index in [4.69, 9.17) is 0 Å². The van der Waals surface area contributed by atoms with Crippen molar-refractivity contribution in [2.24, 2.45) is 0 Å². The fraction of sp³-hybridized carbons (Fsp3) is 0.0976. The fourth-order valence-corrected chi connectivity index (χ4v) is 6.99. The summed E-state index contributed by atoms with van der Waals surface area (Å²) in [5, 5.41) is 14.9. The van der Waals surface area contributed by atoms with Gasteiger partial charge in [-0.3, -0.25) is 0 Å². The molecule has 3 nitrogen and oxygen atoms in total. The van der Waals surface area contributed by atoms with E-state index in [1.54, 1.807) is 12.1 Å². The van der Waals surface area contributed by atoms with Crippen molar-refractivity contribution < 1.29 is 8.78 Å². The van der Waals surface area contributed by atoms with Crippen molar-refractivity contribution in [3.05, 3.63) is 143 Å². The predicted molar refractivity (Wildman–Crippen MR) is 184 cm³/mol. The molecule has 2 aromatic heterocycles. The number of aromatic nitrogens is 2. The fourth-order valence-electron chi connectivity index (χ4n) is 6.99. The summed E-state index contributed by atoms with van der Waals surface area (Å²) in [6.45, 7) is 8.13. The predicted octanol–water partition coefficient (Wildman–Crippen LogP) is 10.9. The van der Waals surface area contributed by atoms with E-state index in [0.29, 0.717) is 22.5 Å². The Bertz CT molecular complexity index is 2470. The van der Waals surface area contributed by atoms with E-state index in [1.165, 1.54) is 18.2 Å². The van der Waals surface area contributed by atoms with Crippen LogP contribution >= 0.6 is 0 Å². The molecule has 0 saturated heterocycles. The van der Waals surface area contributed by atoms with Crippen molar-refractivity contribution in [1.29, 1.82) is 5.26 Å². The van der Waals surface area contributed by atoms with Crippen molar-refractivity contribution in [1.82, 2.24) is 9.13 Å². The Balaban J connectivity index is 1.58. The van der Waals surface area contributed by atoms with E-state index in [2.05, 4.69) is 88.0 Å². The molecule has 6 aromatic carbocycles. The molecule has 0 aliphatic heterocycles. The zero-order valence-electron chi connectivity index (χ0n) is 25.9. The van der Waals surface area contributed by atoms with Crippen LogP contribution in [0.1, 0.15) is 27.8 Å². The van der Waals surface area contributed by atoms with Gasteiger partial charge in [0.1, 0.15) is 17.7 Å². The van der Waals surface area contributed by atoms with Crippen LogP contribution in [0.5, 0.6) is 0 Å². The maximum atomic E-state index is 15.9. The van der Waals surface area contributed by atoms with Crippen LogP contribution in [0.4, 0.5) is 8.78 Å². The number of halogens is 2. The van der Waals surface area contributed by atoms with Crippen LogP contribution in [0.15, 0.2) is 103 Å². The number of hydrogen-bond donors (Lipinski definition) is 0. The van der Waals surface area contributed by atoms with Crippen molar-refractivity contribution in [3.8, 4) is 28.6 Å². The van der Waals surface area contributed by atoms with Crippen molar-refractivity contribution in [2.45, 2.75) is 27.7 Å². The van der Waals surface area contributed by atoms with Gasteiger partial charge in [0.2, 0.25) is 0 Å². The van der Waals surface area contributed by atoms with Gasteiger partial charge >= 0.3 is 0 Å². The number of nitriles is 1. The van der Waals surface area contributed by atoms with Gasteiger partial charge in [-0.2, -0.15) is 5.26 Å². The third-order valence-corrected chi connectivity index (χ3v) is 9.11. The van der Waals surface area contributed by atoms with E-state index < -0.39 is 11.6 Å². The van der Waals surface area contributed by atoms with Crippen LogP contribution in [0.2, 0.25) is 0 Å². The number of rotatable bonds is 3. The van der Waals surface area contributed by atoms with E-state index >= 15 is 8.78 Å². The van der Waals surface area contributed by atoms with E-state index in [9.17, 15) is 5.26 Å². The first-order chi connectivity index (χ1) is 22.2. The van der Waals surface area contributed by atoms with Gasteiger partial charge in [0.25, 0.3) is 0 Å². The van der Waals surface area contributed by atoms with E-state index in [1.807, 2.05) is 27.7 Å². The second kappa shape index (κ2) is 10.2. The molecule has 0 N–H and O–H groups in total. The molecule has 0 fully saturated rings. The Kier molecular flexibility index (Phi) is 6.13. The summed E-state index contributed by atoms with van der Waals surface area (Å²) in [7, 11) is 0. The largest absolute Gasteiger partial charge is 0.309 e. The third-order valence-electron chi connectivity index (χ3n) is 9.11. The monoisotopic (exact) mass is 601 g/mol. The quantitative estimate of drug-likeness (QED) is 0.198. The lowest BCUT2D eigenvalue weighted by Crippen LogP contribution is -2.05. The van der Waals surface area contributed by atoms with Crippen LogP contribution in [0.3, 0.4) is 0 Å². The van der Waals surface area contributed by atoms with E-state index in [-0.39, 0.29) is 5.56 Å². The summed E-state index contributed by atoms with van der Waals surface area (Å²) in [6.07, 6.45) is 0. The Morgan fingerprint density at radius 2 is 0.891 bits per heavy atom. The summed E-state index contributed by atoms with van der Waals surface area (Å²) in [6, 6.07) is 35.0. The first-order valence-electron chi connectivity index (χ1n) is 15.3. The molecule has 0 aliphatic carbocycles. The minimum absolute atomic E-state index is 0.133. The normalized spacial score (nSPS) is 11.7. The van der Waals surface area contributed by atoms with Gasteiger partial charge in [0.05, 0.1) is 44.6 Å². The first kappa shape index (κ1) is 27.8. The lowest BCUT2D eigenvalue weighted by molar-refractivity contribution is 0.589. The van der Waals surface area contributed by atoms with Gasteiger partial charge in [-0.05, 0) is 98.5 Å². The van der Waals surface area contributed by atoms with Crippen molar-refractivity contribution >= 4 is 43.6 Å². The maximum absolute atomic E-state index is 15.9. The summed E-state index contributed by atoms with van der Waals surface area (Å²) in [5.41, 5.74) is 9.63. The maximum Gasteiger partial charge on any atom is 0.134 e. The number of benzene rings is 6. The topological polar surface area (TPSA) is 33.6 Å². The minimum Gasteiger partial charge on any atom is -0.309 e.